The van der Waals surface area contributed by atoms with Crippen LogP contribution in [0.2, 0.25) is 0 Å². The molecule has 0 aliphatic heterocycles. The number of carbonyl (C=O) groups is 1. The first kappa shape index (κ1) is 18.8. The summed E-state index contributed by atoms with van der Waals surface area (Å²) in [5.41, 5.74) is 3.50. The van der Waals surface area contributed by atoms with Crippen LogP contribution in [0.3, 0.4) is 0 Å². The second-order valence-electron chi connectivity index (χ2n) is 6.37. The van der Waals surface area contributed by atoms with E-state index in [1.54, 1.807) is 24.3 Å². The Labute approximate surface area is 170 Å². The van der Waals surface area contributed by atoms with Crippen LogP contribution in [0.25, 0.3) is 22.0 Å². The zero-order valence-corrected chi connectivity index (χ0v) is 16.4. The lowest BCUT2D eigenvalue weighted by Crippen LogP contribution is -2.23. The third-order valence-electron chi connectivity index (χ3n) is 4.14. The number of aromatic nitrogens is 3. The van der Waals surface area contributed by atoms with Crippen molar-refractivity contribution < 1.29 is 13.9 Å². The fourth-order valence-electron chi connectivity index (χ4n) is 2.63. The first-order valence-electron chi connectivity index (χ1n) is 8.89. The van der Waals surface area contributed by atoms with Crippen LogP contribution in [0.5, 0.6) is 0 Å². The van der Waals surface area contributed by atoms with Crippen molar-refractivity contribution in [2.24, 2.45) is 0 Å². The van der Waals surface area contributed by atoms with Crippen molar-refractivity contribution in [3.8, 4) is 22.0 Å². The molecule has 0 amide bonds. The number of rotatable bonds is 6. The minimum atomic E-state index is -0.712. The highest BCUT2D eigenvalue weighted by Crippen LogP contribution is 2.24. The second kappa shape index (κ2) is 8.24. The molecule has 4 rings (SSSR count). The summed E-state index contributed by atoms with van der Waals surface area (Å²) in [5.74, 6) is -1.15. The summed E-state index contributed by atoms with van der Waals surface area (Å²) < 4.78 is 11.3. The number of thiazole rings is 1. The van der Waals surface area contributed by atoms with Crippen molar-refractivity contribution in [1.29, 1.82) is 0 Å². The van der Waals surface area contributed by atoms with Gasteiger partial charge in [-0.2, -0.15) is 4.68 Å². The molecule has 2 aromatic heterocycles. The van der Waals surface area contributed by atoms with Gasteiger partial charge < -0.3 is 9.15 Å². The Kier molecular flexibility index (Phi) is 5.35. The predicted molar refractivity (Wildman–Crippen MR) is 108 cm³/mol. The molecule has 8 heteroatoms. The lowest BCUT2D eigenvalue weighted by Gasteiger charge is -2.02. The van der Waals surface area contributed by atoms with Crippen molar-refractivity contribution in [3.63, 3.8) is 0 Å². The Bertz CT molecular complexity index is 1180. The van der Waals surface area contributed by atoms with Gasteiger partial charge in [0.25, 0.3) is 0 Å². The molecule has 146 valence electrons. The number of carbonyl (C=O) groups excluding carboxylic acids is 1. The largest absolute Gasteiger partial charge is 0.458 e. The molecule has 29 heavy (non-hydrogen) atoms. The molecule has 0 unspecified atom stereocenters. The maximum Gasteiger partial charge on any atom is 0.437 e. The first-order valence-corrected chi connectivity index (χ1v) is 9.77. The number of nitrogens with zero attached hydrogens (tertiary/aromatic N) is 3. The highest BCUT2D eigenvalue weighted by molar-refractivity contribution is 7.13. The summed E-state index contributed by atoms with van der Waals surface area (Å²) in [6.07, 6.45) is 0. The van der Waals surface area contributed by atoms with Crippen LogP contribution in [0.1, 0.15) is 11.3 Å². The molecule has 0 spiro atoms. The van der Waals surface area contributed by atoms with Gasteiger partial charge in [-0.1, -0.05) is 48.0 Å². The van der Waals surface area contributed by atoms with Crippen LogP contribution in [0.4, 0.5) is 0 Å². The Morgan fingerprint density at radius 3 is 2.62 bits per heavy atom. The van der Waals surface area contributed by atoms with E-state index in [1.807, 2.05) is 42.6 Å². The van der Waals surface area contributed by atoms with E-state index in [1.165, 1.54) is 16.9 Å². The number of benzene rings is 2. The van der Waals surface area contributed by atoms with Gasteiger partial charge in [0.2, 0.25) is 5.89 Å². The first-order chi connectivity index (χ1) is 14.1. The van der Waals surface area contributed by atoms with Crippen LogP contribution in [0.15, 0.2) is 69.2 Å². The highest BCUT2D eigenvalue weighted by Gasteiger charge is 2.14. The van der Waals surface area contributed by atoms with Gasteiger partial charge in [-0.3, -0.25) is 4.79 Å². The Morgan fingerprint density at radius 1 is 1.10 bits per heavy atom. The lowest BCUT2D eigenvalue weighted by atomic mass is 10.2. The minimum Gasteiger partial charge on any atom is -0.458 e. The predicted octanol–water partition coefficient (Wildman–Crippen LogP) is 3.68. The van der Waals surface area contributed by atoms with Crippen LogP contribution in [-0.4, -0.2) is 20.7 Å². The van der Waals surface area contributed by atoms with Crippen molar-refractivity contribution in [2.45, 2.75) is 20.1 Å². The summed E-state index contributed by atoms with van der Waals surface area (Å²) in [4.78, 5) is 28.5. The molecule has 4 aromatic rings. The molecule has 0 saturated heterocycles. The zero-order chi connectivity index (χ0) is 20.2. The molecule has 0 saturated carbocycles. The molecule has 0 atom stereocenters. The lowest BCUT2D eigenvalue weighted by molar-refractivity contribution is -0.146. The standard InChI is InChI=1S/C21H17N3O4S/c1-14-7-9-16(10-8-14)20-22-17(13-29-20)12-27-18(25)11-24-21(26)28-19(23-24)15-5-3-2-4-6-15/h2-10,13H,11-12H2,1H3. The molecule has 2 aromatic carbocycles. The van der Waals surface area contributed by atoms with Gasteiger partial charge in [0, 0.05) is 16.5 Å². The summed E-state index contributed by atoms with van der Waals surface area (Å²) in [7, 11) is 0. The highest BCUT2D eigenvalue weighted by atomic mass is 32.1. The SMILES string of the molecule is Cc1ccc(-c2nc(COC(=O)Cn3nc(-c4ccccc4)oc3=O)cs2)cc1. The number of aryl methyl sites for hydroxylation is 1. The van der Waals surface area contributed by atoms with Crippen LogP contribution < -0.4 is 5.76 Å². The molecule has 0 radical (unpaired) electrons. The van der Waals surface area contributed by atoms with E-state index in [4.69, 9.17) is 9.15 Å². The van der Waals surface area contributed by atoms with E-state index in [0.29, 0.717) is 11.3 Å². The van der Waals surface area contributed by atoms with Gasteiger partial charge in [0.15, 0.2) is 0 Å². The van der Waals surface area contributed by atoms with Gasteiger partial charge >= 0.3 is 11.7 Å². The summed E-state index contributed by atoms with van der Waals surface area (Å²) in [6, 6.07) is 17.0. The zero-order valence-electron chi connectivity index (χ0n) is 15.6. The van der Waals surface area contributed by atoms with Gasteiger partial charge in [-0.15, -0.1) is 16.4 Å². The summed E-state index contributed by atoms with van der Waals surface area (Å²) in [6.45, 7) is 1.73. The topological polar surface area (TPSA) is 87.2 Å². The van der Waals surface area contributed by atoms with Gasteiger partial charge in [0.05, 0.1) is 5.69 Å². The van der Waals surface area contributed by atoms with E-state index >= 15 is 0 Å². The number of ether oxygens (including phenoxy) is 1. The van der Waals surface area contributed by atoms with Crippen molar-refractivity contribution in [3.05, 3.63) is 81.8 Å². The molecular weight excluding hydrogens is 390 g/mol. The Hall–Kier alpha value is -3.52. The van der Waals surface area contributed by atoms with Crippen LogP contribution >= 0.6 is 11.3 Å². The molecule has 0 aliphatic rings. The summed E-state index contributed by atoms with van der Waals surface area (Å²) in [5, 5.41) is 6.75. The quantitative estimate of drug-likeness (QED) is 0.453. The number of hydrogen-bond donors (Lipinski definition) is 0. The molecule has 0 bridgehead atoms. The maximum absolute atomic E-state index is 12.1. The Morgan fingerprint density at radius 2 is 1.86 bits per heavy atom. The smallest absolute Gasteiger partial charge is 0.437 e. The maximum atomic E-state index is 12.1. The van der Waals surface area contributed by atoms with E-state index in [9.17, 15) is 9.59 Å². The van der Waals surface area contributed by atoms with Gasteiger partial charge in [-0.25, -0.2) is 9.78 Å². The Balaban J connectivity index is 1.37. The molecule has 7 nitrogen and oxygen atoms in total. The molecule has 0 aliphatic carbocycles. The fourth-order valence-corrected chi connectivity index (χ4v) is 3.44. The van der Waals surface area contributed by atoms with Gasteiger partial charge in [0.1, 0.15) is 18.2 Å². The van der Waals surface area contributed by atoms with Crippen LogP contribution in [-0.2, 0) is 22.7 Å². The molecule has 2 heterocycles. The minimum absolute atomic E-state index is 0.0271. The number of esters is 1. The average Bonchev–Trinajstić information content (AvgIpc) is 3.35. The third kappa shape index (κ3) is 4.49. The second-order valence-corrected chi connectivity index (χ2v) is 7.23. The monoisotopic (exact) mass is 407 g/mol. The van der Waals surface area contributed by atoms with Crippen molar-refractivity contribution in [1.82, 2.24) is 14.8 Å². The third-order valence-corrected chi connectivity index (χ3v) is 5.08. The van der Waals surface area contributed by atoms with E-state index < -0.39 is 11.7 Å². The van der Waals surface area contributed by atoms with Crippen molar-refractivity contribution >= 4 is 17.3 Å². The summed E-state index contributed by atoms with van der Waals surface area (Å²) >= 11 is 1.48. The van der Waals surface area contributed by atoms with Gasteiger partial charge in [-0.05, 0) is 19.1 Å². The van der Waals surface area contributed by atoms with E-state index in [2.05, 4.69) is 10.1 Å². The van der Waals surface area contributed by atoms with E-state index in [0.717, 1.165) is 15.3 Å². The fraction of sp³-hybridized carbons (Fsp3) is 0.143. The van der Waals surface area contributed by atoms with Crippen molar-refractivity contribution in [2.75, 3.05) is 0 Å². The molecular formula is C21H17N3O4S. The normalized spacial score (nSPS) is 10.8. The molecule has 0 N–H and O–H groups in total. The number of hydrogen-bond acceptors (Lipinski definition) is 7. The molecule has 0 fully saturated rings. The van der Waals surface area contributed by atoms with Crippen LogP contribution in [0, 0.1) is 6.92 Å². The average molecular weight is 407 g/mol. The van der Waals surface area contributed by atoms with E-state index in [-0.39, 0.29) is 19.0 Å².